The Morgan fingerprint density at radius 3 is 1.00 bits per heavy atom. The number of hydrogen-bond donors (Lipinski definition) is 0. The Balaban J connectivity index is -0.0000000910. The molecule has 0 saturated heterocycles. The van der Waals surface area contributed by atoms with E-state index < -0.39 is 15.3 Å². The van der Waals surface area contributed by atoms with Gasteiger partial charge in [0.15, 0.2) is 0 Å². The van der Waals surface area contributed by atoms with Gasteiger partial charge in [0.25, 0.3) is 0 Å². The third kappa shape index (κ3) is 684. The van der Waals surface area contributed by atoms with Crippen molar-refractivity contribution in [1.29, 1.82) is 0 Å². The van der Waals surface area contributed by atoms with Crippen LogP contribution in [0.4, 0.5) is 0 Å². The average Bonchev–Trinajstić information content (AvgIpc) is 1.19. The van der Waals surface area contributed by atoms with Crippen LogP contribution in [0.3, 0.4) is 0 Å². The summed E-state index contributed by atoms with van der Waals surface area (Å²) >= 11 is 0. The first-order valence-corrected chi connectivity index (χ1v) is 2.40. The van der Waals surface area contributed by atoms with Crippen LogP contribution in [-0.4, -0.2) is 54.0 Å². The molecule has 0 fully saturated rings. The van der Waals surface area contributed by atoms with Crippen LogP contribution >= 0.6 is 0 Å². The first-order chi connectivity index (χ1) is 3.73. The minimum absolute atomic E-state index is 0. The fourth-order valence-corrected chi connectivity index (χ4v) is 0. The van der Waals surface area contributed by atoms with E-state index in [1.165, 1.54) is 0 Å². The van der Waals surface area contributed by atoms with Gasteiger partial charge in [-0.3, -0.25) is 0 Å². The van der Waals surface area contributed by atoms with Crippen molar-refractivity contribution >= 4 is 48.9 Å². The summed E-state index contributed by atoms with van der Waals surface area (Å²) in [5, 5.41) is 14.8. The fraction of sp³-hybridized carbons (Fsp3) is 0. The van der Waals surface area contributed by atoms with Gasteiger partial charge in [-0.05, 0) is 0 Å². The molecule has 0 bridgehead atoms. The number of hydrogen-bond acceptors (Lipinski definition) is 7. The normalized spacial score (nSPS) is 8.40. The monoisotopic (exact) mass is 299 g/mol. The van der Waals surface area contributed by atoms with Crippen LogP contribution in [-0.2, 0) is 0 Å². The fourth-order valence-electron chi connectivity index (χ4n) is 0. The van der Waals surface area contributed by atoms with Crippen LogP contribution in [0.2, 0.25) is 0 Å². The molecule has 0 saturated carbocycles. The molecule has 0 rings (SSSR count). The van der Waals surface area contributed by atoms with Crippen molar-refractivity contribution in [2.75, 3.05) is 0 Å². The van der Waals surface area contributed by atoms with Gasteiger partial charge in [-0.2, -0.15) is 0 Å². The molecule has 0 heterocycles. The van der Waals surface area contributed by atoms with E-state index in [1.807, 2.05) is 0 Å². The molecule has 8 nitrogen and oxygen atoms in total. The predicted molar refractivity (Wildman–Crippen MR) is 16.1 cm³/mol. The molecule has 0 N–H and O–H groups in total. The first-order valence-electron chi connectivity index (χ1n) is 1.16. The zero-order valence-electron chi connectivity index (χ0n) is 4.39. The van der Waals surface area contributed by atoms with Crippen LogP contribution in [0.15, 0.2) is 0 Å². The Morgan fingerprint density at radius 1 is 1.00 bits per heavy atom. The van der Waals surface area contributed by atoms with E-state index in [0.717, 1.165) is 0 Å². The van der Waals surface area contributed by atoms with Gasteiger partial charge in [0.1, 0.15) is 0 Å². The van der Waals surface area contributed by atoms with Gasteiger partial charge in [-0.25, -0.2) is 18.6 Å². The van der Waals surface area contributed by atoms with Crippen LogP contribution in [0.1, 0.15) is 0 Å². The van der Waals surface area contributed by atoms with Crippen LogP contribution in [0.5, 0.6) is 0 Å². The maximum absolute atomic E-state index is 8.49. The zero-order valence-corrected chi connectivity index (χ0v) is 9.59. The van der Waals surface area contributed by atoms with E-state index in [2.05, 4.69) is 0 Å². The van der Waals surface area contributed by atoms with Crippen LogP contribution in [0, 0.1) is 25.6 Å². The van der Waals surface area contributed by atoms with Crippen molar-refractivity contribution in [3.05, 3.63) is 15.3 Å². The Labute approximate surface area is 97.0 Å². The molecule has 0 aliphatic rings. The smallest absolute Gasteiger partial charge is 0.356 e. The molecular formula is BaClNO7. The summed E-state index contributed by atoms with van der Waals surface area (Å²) in [5.74, 6) is 0. The molecule has 0 unspecified atom stereocenters. The molecule has 10 heavy (non-hydrogen) atoms. The van der Waals surface area contributed by atoms with Gasteiger partial charge in [0.2, 0.25) is 0 Å². The molecule has 10 heteroatoms. The molecular weight excluding hydrogens is 299 g/mol. The number of nitrogens with zero attached hydrogens (tertiary/aromatic N) is 1. The van der Waals surface area contributed by atoms with E-state index in [1.54, 1.807) is 0 Å². The number of rotatable bonds is 0. The molecule has 0 amide bonds. The third-order valence-electron chi connectivity index (χ3n) is 0. The van der Waals surface area contributed by atoms with Crippen molar-refractivity contribution < 1.29 is 34.0 Å². The molecule has 0 aliphatic carbocycles. The van der Waals surface area contributed by atoms with Crippen molar-refractivity contribution in [3.8, 4) is 0 Å². The van der Waals surface area contributed by atoms with Gasteiger partial charge in [-0.15, -0.1) is 10.2 Å². The second-order valence-electron chi connectivity index (χ2n) is 0.602. The van der Waals surface area contributed by atoms with Gasteiger partial charge in [0, 0.05) is 0 Å². The molecule has 0 atom stereocenters. The van der Waals surface area contributed by atoms with E-state index in [9.17, 15) is 0 Å². The van der Waals surface area contributed by atoms with Gasteiger partial charge >= 0.3 is 48.9 Å². The maximum atomic E-state index is 8.49. The second-order valence-corrected chi connectivity index (χ2v) is 1.36. The molecule has 0 aliphatic heterocycles. The average molecular weight is 299 g/mol. The van der Waals surface area contributed by atoms with Crippen molar-refractivity contribution in [2.24, 2.45) is 0 Å². The quantitative estimate of drug-likeness (QED) is 0.245. The summed E-state index contributed by atoms with van der Waals surface area (Å²) in [4.78, 5) is 8.25. The molecule has 0 radical (unpaired) electrons. The predicted octanol–water partition coefficient (Wildman–Crippen LogP) is -5.38. The zero-order chi connectivity index (χ0) is 8.08. The molecule has 0 aromatic carbocycles. The summed E-state index contributed by atoms with van der Waals surface area (Å²) in [6.45, 7) is 0. The second kappa shape index (κ2) is 8.00. The maximum Gasteiger partial charge on any atom is 2.00 e. The van der Waals surface area contributed by atoms with E-state index in [4.69, 9.17) is 34.0 Å². The standard InChI is InChI=1S/Ba.ClHO4.NO3/c;2-1(3,4)5;2-1(3)4/h;(H,2,3,4,5);/q+2;;-1/p-1. The Hall–Kier alpha value is 0.901. The Bertz CT molecular complexity index is 76.1. The summed E-state index contributed by atoms with van der Waals surface area (Å²) < 4.78 is 34.0. The van der Waals surface area contributed by atoms with Crippen LogP contribution in [0.25, 0.3) is 0 Å². The largest absolute Gasteiger partial charge is 2.00 e. The minimum atomic E-state index is -4.94. The summed E-state index contributed by atoms with van der Waals surface area (Å²) in [7, 11) is -4.94. The first kappa shape index (κ1) is 17.1. The molecule has 0 spiro atoms. The van der Waals surface area contributed by atoms with Gasteiger partial charge in [-0.1, -0.05) is 0 Å². The summed E-state index contributed by atoms with van der Waals surface area (Å²) in [6, 6.07) is 0. The van der Waals surface area contributed by atoms with Gasteiger partial charge in [0.05, 0.1) is 5.09 Å². The summed E-state index contributed by atoms with van der Waals surface area (Å²) in [6.07, 6.45) is 0. The Morgan fingerprint density at radius 2 is 1.00 bits per heavy atom. The summed E-state index contributed by atoms with van der Waals surface area (Å²) in [5.41, 5.74) is 0. The van der Waals surface area contributed by atoms with Crippen LogP contribution < -0.4 is 18.6 Å². The van der Waals surface area contributed by atoms with Crippen molar-refractivity contribution in [1.82, 2.24) is 0 Å². The third-order valence-corrected chi connectivity index (χ3v) is 0. The van der Waals surface area contributed by atoms with E-state index >= 15 is 0 Å². The van der Waals surface area contributed by atoms with E-state index in [-0.39, 0.29) is 48.9 Å². The van der Waals surface area contributed by atoms with Crippen molar-refractivity contribution in [3.63, 3.8) is 0 Å². The van der Waals surface area contributed by atoms with Crippen molar-refractivity contribution in [2.45, 2.75) is 0 Å². The molecule has 56 valence electrons. The van der Waals surface area contributed by atoms with Gasteiger partial charge < -0.3 is 15.3 Å². The minimum Gasteiger partial charge on any atom is -0.356 e. The van der Waals surface area contributed by atoms with E-state index in [0.29, 0.717) is 0 Å². The SMILES string of the molecule is O=[N+]([O-])[O-].[Ba+2].[O-][Cl+3]([O-])([O-])[O-]. The molecule has 0 aromatic rings. The Kier molecular flexibility index (Phi) is 13.7. The molecule has 0 aromatic heterocycles. The number of halogens is 1. The topological polar surface area (TPSA) is 158 Å².